The molecule has 2 N–H and O–H groups in total. The van der Waals surface area contributed by atoms with Crippen LogP contribution in [0.3, 0.4) is 0 Å². The molecule has 1 fully saturated rings. The third-order valence-electron chi connectivity index (χ3n) is 3.14. The number of carbonyl (C=O) groups excluding carboxylic acids is 1. The van der Waals surface area contributed by atoms with E-state index in [2.05, 4.69) is 10.0 Å². The van der Waals surface area contributed by atoms with Crippen LogP contribution in [0.5, 0.6) is 0 Å². The minimum atomic E-state index is -3.29. The molecule has 1 saturated heterocycles. The monoisotopic (exact) mass is 282 g/mol. The fourth-order valence-electron chi connectivity index (χ4n) is 2.03. The smallest absolute Gasteiger partial charge is 0.220 e. The highest BCUT2D eigenvalue weighted by Crippen LogP contribution is 2.06. The molecular formula is C13H18N2O3S. The third-order valence-corrected chi connectivity index (χ3v) is 4.48. The zero-order valence-corrected chi connectivity index (χ0v) is 11.4. The number of amides is 1. The highest BCUT2D eigenvalue weighted by atomic mass is 32.2. The second kappa shape index (κ2) is 6.16. The zero-order valence-electron chi connectivity index (χ0n) is 10.6. The van der Waals surface area contributed by atoms with Crippen LogP contribution in [-0.2, 0) is 21.2 Å². The first-order valence-electron chi connectivity index (χ1n) is 6.36. The lowest BCUT2D eigenvalue weighted by atomic mass is 10.2. The summed E-state index contributed by atoms with van der Waals surface area (Å²) in [5.74, 6) is 0.0611. The first-order valence-corrected chi connectivity index (χ1v) is 8.01. The molecule has 1 heterocycles. The predicted molar refractivity (Wildman–Crippen MR) is 73.1 cm³/mol. The molecule has 1 atom stereocenters. The summed E-state index contributed by atoms with van der Waals surface area (Å²) >= 11 is 0. The lowest BCUT2D eigenvalue weighted by molar-refractivity contribution is -0.119. The van der Waals surface area contributed by atoms with Crippen LogP contribution >= 0.6 is 0 Å². The third kappa shape index (κ3) is 4.65. The average Bonchev–Trinajstić information content (AvgIpc) is 2.82. The Labute approximate surface area is 113 Å². The molecule has 0 spiro atoms. The van der Waals surface area contributed by atoms with E-state index < -0.39 is 10.0 Å². The van der Waals surface area contributed by atoms with E-state index in [-0.39, 0.29) is 24.2 Å². The van der Waals surface area contributed by atoms with Crippen LogP contribution in [0, 0.1) is 0 Å². The number of sulfonamides is 1. The molecule has 1 aromatic carbocycles. The zero-order chi connectivity index (χ0) is 13.7. The Morgan fingerprint density at radius 1 is 1.26 bits per heavy atom. The topological polar surface area (TPSA) is 75.3 Å². The van der Waals surface area contributed by atoms with Gasteiger partial charge in [0.15, 0.2) is 0 Å². The summed E-state index contributed by atoms with van der Waals surface area (Å²) in [6.45, 7) is 0.281. The molecule has 1 aliphatic rings. The van der Waals surface area contributed by atoms with Gasteiger partial charge in [0.25, 0.3) is 0 Å². The number of rotatable bonds is 6. The molecule has 1 unspecified atom stereocenters. The first kappa shape index (κ1) is 14.0. The Bertz CT molecular complexity index is 528. The highest BCUT2D eigenvalue weighted by molar-refractivity contribution is 7.89. The molecule has 0 saturated carbocycles. The summed E-state index contributed by atoms with van der Waals surface area (Å²) in [6.07, 6.45) is 1.67. The number of hydrogen-bond acceptors (Lipinski definition) is 3. The molecule has 6 heteroatoms. The van der Waals surface area contributed by atoms with Gasteiger partial charge in [-0.3, -0.25) is 4.79 Å². The highest BCUT2D eigenvalue weighted by Gasteiger charge is 2.22. The van der Waals surface area contributed by atoms with Crippen molar-refractivity contribution in [3.63, 3.8) is 0 Å². The Kier molecular flexibility index (Phi) is 4.55. The van der Waals surface area contributed by atoms with Crippen LogP contribution in [0.4, 0.5) is 0 Å². The fourth-order valence-corrected chi connectivity index (χ4v) is 3.13. The molecule has 19 heavy (non-hydrogen) atoms. The van der Waals surface area contributed by atoms with Crippen molar-refractivity contribution in [2.24, 2.45) is 0 Å². The van der Waals surface area contributed by atoms with E-state index in [1.807, 2.05) is 30.3 Å². The van der Waals surface area contributed by atoms with Gasteiger partial charge in [-0.05, 0) is 18.4 Å². The van der Waals surface area contributed by atoms with Crippen LogP contribution in [0.25, 0.3) is 0 Å². The Hall–Kier alpha value is -1.40. The van der Waals surface area contributed by atoms with E-state index >= 15 is 0 Å². The summed E-state index contributed by atoms with van der Waals surface area (Å²) in [5.41, 5.74) is 1.00. The molecule has 0 aliphatic carbocycles. The minimum Gasteiger partial charge on any atom is -0.352 e. The second-order valence-corrected chi connectivity index (χ2v) is 6.63. The largest absolute Gasteiger partial charge is 0.352 e. The quantitative estimate of drug-likeness (QED) is 0.794. The number of aryl methyl sites for hydroxylation is 1. The molecule has 0 bridgehead atoms. The van der Waals surface area contributed by atoms with Crippen LogP contribution < -0.4 is 10.0 Å². The molecule has 5 nitrogen and oxygen atoms in total. The summed E-state index contributed by atoms with van der Waals surface area (Å²) < 4.78 is 26.2. The van der Waals surface area contributed by atoms with Crippen molar-refractivity contribution in [1.82, 2.24) is 10.0 Å². The maximum absolute atomic E-state index is 11.8. The summed E-state index contributed by atoms with van der Waals surface area (Å²) in [4.78, 5) is 11.0. The van der Waals surface area contributed by atoms with Crippen LogP contribution in [0.1, 0.15) is 18.4 Å². The van der Waals surface area contributed by atoms with E-state index in [0.717, 1.165) is 5.56 Å². The van der Waals surface area contributed by atoms with Crippen molar-refractivity contribution >= 4 is 15.9 Å². The SMILES string of the molecule is O=C1CCC(CNS(=O)(=O)CCc2ccccc2)N1. The number of hydrogen-bond donors (Lipinski definition) is 2. The van der Waals surface area contributed by atoms with Crippen LogP contribution in [0.15, 0.2) is 30.3 Å². The molecule has 1 aliphatic heterocycles. The van der Waals surface area contributed by atoms with Crippen LogP contribution in [-0.4, -0.2) is 32.7 Å². The van der Waals surface area contributed by atoms with Gasteiger partial charge in [-0.25, -0.2) is 13.1 Å². The van der Waals surface area contributed by atoms with Gasteiger partial charge < -0.3 is 5.32 Å². The predicted octanol–water partition coefficient (Wildman–Crippen LogP) is 0.427. The van der Waals surface area contributed by atoms with Gasteiger partial charge in [-0.1, -0.05) is 30.3 Å². The molecule has 1 aromatic rings. The maximum Gasteiger partial charge on any atom is 0.220 e. The van der Waals surface area contributed by atoms with Crippen LogP contribution in [0.2, 0.25) is 0 Å². The number of benzene rings is 1. The summed E-state index contributed by atoms with van der Waals surface area (Å²) in [6, 6.07) is 9.43. The van der Waals surface area contributed by atoms with E-state index in [1.165, 1.54) is 0 Å². The lowest BCUT2D eigenvalue weighted by Crippen LogP contribution is -2.39. The van der Waals surface area contributed by atoms with E-state index in [9.17, 15) is 13.2 Å². The number of nitrogens with one attached hydrogen (secondary N) is 2. The molecule has 0 aromatic heterocycles. The van der Waals surface area contributed by atoms with Gasteiger partial charge in [0.2, 0.25) is 15.9 Å². The van der Waals surface area contributed by atoms with E-state index in [0.29, 0.717) is 19.3 Å². The van der Waals surface area contributed by atoms with Crippen molar-refractivity contribution in [3.8, 4) is 0 Å². The fraction of sp³-hybridized carbons (Fsp3) is 0.462. The average molecular weight is 282 g/mol. The Balaban J connectivity index is 1.77. The Morgan fingerprint density at radius 3 is 2.63 bits per heavy atom. The van der Waals surface area contributed by atoms with Gasteiger partial charge in [-0.2, -0.15) is 0 Å². The van der Waals surface area contributed by atoms with E-state index in [4.69, 9.17) is 0 Å². The second-order valence-electron chi connectivity index (χ2n) is 4.71. The summed E-state index contributed by atoms with van der Waals surface area (Å²) in [7, 11) is -3.29. The molecule has 104 valence electrons. The van der Waals surface area contributed by atoms with Gasteiger partial charge in [0.05, 0.1) is 5.75 Å². The molecule has 1 amide bonds. The van der Waals surface area contributed by atoms with E-state index in [1.54, 1.807) is 0 Å². The first-order chi connectivity index (χ1) is 9.05. The normalized spacial score (nSPS) is 19.4. The summed E-state index contributed by atoms with van der Waals surface area (Å²) in [5, 5.41) is 2.73. The standard InChI is InChI=1S/C13H18N2O3S/c16-13-7-6-12(15-13)10-14-19(17,18)9-8-11-4-2-1-3-5-11/h1-5,12,14H,6-10H2,(H,15,16). The molecular weight excluding hydrogens is 264 g/mol. The minimum absolute atomic E-state index is 0.00603. The van der Waals surface area contributed by atoms with Gasteiger partial charge >= 0.3 is 0 Å². The number of carbonyl (C=O) groups is 1. The molecule has 0 radical (unpaired) electrons. The lowest BCUT2D eigenvalue weighted by Gasteiger charge is -2.11. The van der Waals surface area contributed by atoms with Crippen molar-refractivity contribution in [1.29, 1.82) is 0 Å². The van der Waals surface area contributed by atoms with Crippen molar-refractivity contribution in [2.75, 3.05) is 12.3 Å². The Morgan fingerprint density at radius 2 is 2.00 bits per heavy atom. The van der Waals surface area contributed by atoms with Gasteiger partial charge in [0, 0.05) is 19.0 Å². The van der Waals surface area contributed by atoms with Crippen molar-refractivity contribution in [3.05, 3.63) is 35.9 Å². The van der Waals surface area contributed by atoms with Crippen molar-refractivity contribution < 1.29 is 13.2 Å². The van der Waals surface area contributed by atoms with Gasteiger partial charge in [-0.15, -0.1) is 0 Å². The maximum atomic E-state index is 11.8. The van der Waals surface area contributed by atoms with Gasteiger partial charge in [0.1, 0.15) is 0 Å². The van der Waals surface area contributed by atoms with Crippen molar-refractivity contribution in [2.45, 2.75) is 25.3 Å². The molecule has 2 rings (SSSR count).